The molecule has 4 heteroatoms. The fourth-order valence-corrected chi connectivity index (χ4v) is 2.64. The zero-order valence-electron chi connectivity index (χ0n) is 8.67. The van der Waals surface area contributed by atoms with Gasteiger partial charge in [-0.1, -0.05) is 0 Å². The van der Waals surface area contributed by atoms with E-state index in [4.69, 9.17) is 0 Å². The molecule has 0 saturated carbocycles. The van der Waals surface area contributed by atoms with Gasteiger partial charge in [0, 0.05) is 0 Å². The lowest BCUT2D eigenvalue weighted by molar-refractivity contribution is 0.112. The van der Waals surface area contributed by atoms with Crippen LogP contribution in [0.2, 0.25) is 0 Å². The van der Waals surface area contributed by atoms with Crippen LogP contribution in [0, 0.1) is 0 Å². The van der Waals surface area contributed by atoms with Crippen LogP contribution in [0.25, 0.3) is 11.1 Å². The molecular weight excluding hydrogens is 240 g/mol. The minimum atomic E-state index is -0.944. The Morgan fingerprint density at radius 2 is 1.94 bits per heavy atom. The van der Waals surface area contributed by atoms with Crippen LogP contribution in [0.1, 0.15) is 9.67 Å². The summed E-state index contributed by atoms with van der Waals surface area (Å²) in [6, 6.07) is 9.41. The molecule has 1 atom stereocenters. The third kappa shape index (κ3) is 2.35. The fourth-order valence-electron chi connectivity index (χ4n) is 1.41. The second kappa shape index (κ2) is 4.82. The number of rotatable bonds is 3. The standard InChI is InChI=1S/C12H10O2S2/c1-16(14)12-4-2-9(3-5-12)10-6-11(7-13)15-8-10/h2-8H,1H3. The SMILES string of the molecule is C[S+]([O-])c1ccc(-c2csc(C=O)c2)cc1. The van der Waals surface area contributed by atoms with Crippen LogP contribution in [0.15, 0.2) is 40.6 Å². The summed E-state index contributed by atoms with van der Waals surface area (Å²) in [5.74, 6) is 0. The van der Waals surface area contributed by atoms with E-state index in [0.29, 0.717) is 0 Å². The van der Waals surface area contributed by atoms with Crippen molar-refractivity contribution in [3.63, 3.8) is 0 Å². The summed E-state index contributed by atoms with van der Waals surface area (Å²) in [6.45, 7) is 0. The van der Waals surface area contributed by atoms with Crippen molar-refractivity contribution >= 4 is 28.8 Å². The number of hydrogen-bond acceptors (Lipinski definition) is 3. The molecule has 1 aromatic heterocycles. The molecule has 0 aliphatic carbocycles. The Labute approximate surface area is 101 Å². The minimum absolute atomic E-state index is 0.721. The number of carbonyl (C=O) groups is 1. The van der Waals surface area contributed by atoms with Crippen LogP contribution in [0.3, 0.4) is 0 Å². The maximum atomic E-state index is 11.2. The van der Waals surface area contributed by atoms with E-state index in [1.165, 1.54) is 11.3 Å². The summed E-state index contributed by atoms with van der Waals surface area (Å²) in [5.41, 5.74) is 2.07. The van der Waals surface area contributed by atoms with E-state index >= 15 is 0 Å². The number of hydrogen-bond donors (Lipinski definition) is 0. The van der Waals surface area contributed by atoms with Crippen LogP contribution in [-0.2, 0) is 11.2 Å². The van der Waals surface area contributed by atoms with E-state index in [9.17, 15) is 9.35 Å². The van der Waals surface area contributed by atoms with Crippen molar-refractivity contribution < 1.29 is 9.35 Å². The first-order chi connectivity index (χ1) is 7.70. The molecule has 0 spiro atoms. The number of aldehydes is 1. The second-order valence-electron chi connectivity index (χ2n) is 3.33. The first-order valence-corrected chi connectivity index (χ1v) is 7.12. The first-order valence-electron chi connectivity index (χ1n) is 4.68. The average molecular weight is 250 g/mol. The van der Waals surface area contributed by atoms with E-state index in [1.807, 2.05) is 35.7 Å². The zero-order valence-corrected chi connectivity index (χ0v) is 10.3. The molecule has 2 aromatic rings. The molecule has 0 fully saturated rings. The molecule has 1 unspecified atom stereocenters. The molecule has 0 aliphatic rings. The highest BCUT2D eigenvalue weighted by molar-refractivity contribution is 7.90. The van der Waals surface area contributed by atoms with Crippen molar-refractivity contribution in [2.45, 2.75) is 4.90 Å². The predicted octanol–water partition coefficient (Wildman–Crippen LogP) is 2.97. The normalized spacial score (nSPS) is 12.4. The van der Waals surface area contributed by atoms with Gasteiger partial charge in [-0.25, -0.2) is 0 Å². The van der Waals surface area contributed by atoms with Crippen LogP contribution in [0.4, 0.5) is 0 Å². The van der Waals surface area contributed by atoms with Crippen molar-refractivity contribution in [2.75, 3.05) is 6.26 Å². The maximum Gasteiger partial charge on any atom is 0.160 e. The Morgan fingerprint density at radius 3 is 2.44 bits per heavy atom. The van der Waals surface area contributed by atoms with Crippen LogP contribution in [-0.4, -0.2) is 17.1 Å². The Kier molecular flexibility index (Phi) is 3.43. The molecule has 0 amide bonds. The van der Waals surface area contributed by atoms with Crippen molar-refractivity contribution in [2.24, 2.45) is 0 Å². The van der Waals surface area contributed by atoms with Crippen LogP contribution < -0.4 is 0 Å². The van der Waals surface area contributed by atoms with E-state index < -0.39 is 11.2 Å². The van der Waals surface area contributed by atoms with Gasteiger partial charge in [-0.2, -0.15) is 0 Å². The summed E-state index contributed by atoms with van der Waals surface area (Å²) < 4.78 is 11.2. The van der Waals surface area contributed by atoms with Gasteiger partial charge in [0.25, 0.3) is 0 Å². The monoisotopic (exact) mass is 250 g/mol. The Bertz CT molecular complexity index is 486. The predicted molar refractivity (Wildman–Crippen MR) is 67.5 cm³/mol. The van der Waals surface area contributed by atoms with Gasteiger partial charge in [0.1, 0.15) is 6.26 Å². The van der Waals surface area contributed by atoms with Gasteiger partial charge in [0.2, 0.25) is 0 Å². The van der Waals surface area contributed by atoms with Gasteiger partial charge in [-0.15, -0.1) is 11.3 Å². The molecule has 2 rings (SSSR count). The number of carbonyl (C=O) groups excluding carboxylic acids is 1. The average Bonchev–Trinajstić information content (AvgIpc) is 2.77. The lowest BCUT2D eigenvalue weighted by Crippen LogP contribution is -1.95. The van der Waals surface area contributed by atoms with Gasteiger partial charge < -0.3 is 4.55 Å². The van der Waals surface area contributed by atoms with Crippen molar-refractivity contribution in [3.8, 4) is 11.1 Å². The molecule has 2 nitrogen and oxygen atoms in total. The highest BCUT2D eigenvalue weighted by Crippen LogP contribution is 2.25. The van der Waals surface area contributed by atoms with Crippen molar-refractivity contribution in [3.05, 3.63) is 40.6 Å². The third-order valence-corrected chi connectivity index (χ3v) is 4.05. The molecule has 82 valence electrons. The molecule has 0 radical (unpaired) electrons. The maximum absolute atomic E-state index is 11.2. The Balaban J connectivity index is 2.30. The van der Waals surface area contributed by atoms with Crippen LogP contribution >= 0.6 is 11.3 Å². The summed E-state index contributed by atoms with van der Waals surface area (Å²) in [7, 11) is 0. The van der Waals surface area contributed by atoms with E-state index in [1.54, 1.807) is 6.26 Å². The molecule has 0 bridgehead atoms. The fraction of sp³-hybridized carbons (Fsp3) is 0.0833. The highest BCUT2D eigenvalue weighted by atomic mass is 32.2. The topological polar surface area (TPSA) is 40.1 Å². The molecule has 0 saturated heterocycles. The first kappa shape index (κ1) is 11.4. The minimum Gasteiger partial charge on any atom is -0.612 e. The van der Waals surface area contributed by atoms with Crippen molar-refractivity contribution in [1.29, 1.82) is 0 Å². The summed E-state index contributed by atoms with van der Waals surface area (Å²) in [6.07, 6.45) is 2.51. The van der Waals surface area contributed by atoms with Gasteiger partial charge in [0.15, 0.2) is 11.2 Å². The molecule has 16 heavy (non-hydrogen) atoms. The van der Waals surface area contributed by atoms with Gasteiger partial charge in [-0.05, 0) is 58.0 Å². The second-order valence-corrected chi connectivity index (χ2v) is 5.66. The summed E-state index contributed by atoms with van der Waals surface area (Å²) in [5, 5.41) is 1.95. The number of benzene rings is 1. The Hall–Kier alpha value is -1.10. The van der Waals surface area contributed by atoms with Crippen molar-refractivity contribution in [1.82, 2.24) is 0 Å². The van der Waals surface area contributed by atoms with E-state index in [0.717, 1.165) is 27.2 Å². The van der Waals surface area contributed by atoms with Gasteiger partial charge >= 0.3 is 0 Å². The number of thiophene rings is 1. The van der Waals surface area contributed by atoms with E-state index in [-0.39, 0.29) is 0 Å². The molecule has 1 heterocycles. The quantitative estimate of drug-likeness (QED) is 0.620. The van der Waals surface area contributed by atoms with Gasteiger partial charge in [-0.3, -0.25) is 4.79 Å². The van der Waals surface area contributed by atoms with E-state index in [2.05, 4.69) is 0 Å². The van der Waals surface area contributed by atoms with Crippen LogP contribution in [0.5, 0.6) is 0 Å². The molecular formula is C12H10O2S2. The Morgan fingerprint density at radius 1 is 1.25 bits per heavy atom. The lowest BCUT2D eigenvalue weighted by atomic mass is 10.1. The summed E-state index contributed by atoms with van der Waals surface area (Å²) in [4.78, 5) is 12.1. The molecule has 0 aliphatic heterocycles. The molecule has 1 aromatic carbocycles. The van der Waals surface area contributed by atoms with Gasteiger partial charge in [0.05, 0.1) is 4.88 Å². The zero-order chi connectivity index (χ0) is 11.5. The largest absolute Gasteiger partial charge is 0.612 e. The smallest absolute Gasteiger partial charge is 0.160 e. The summed E-state index contributed by atoms with van der Waals surface area (Å²) >= 11 is 0.483. The lowest BCUT2D eigenvalue weighted by Gasteiger charge is -2.04. The highest BCUT2D eigenvalue weighted by Gasteiger charge is 2.05. The third-order valence-electron chi connectivity index (χ3n) is 2.26. The molecule has 0 N–H and O–H groups in total.